The van der Waals surface area contributed by atoms with Gasteiger partial charge in [-0.05, 0) is 55.0 Å². The third-order valence-corrected chi connectivity index (χ3v) is 8.99. The fourth-order valence-corrected chi connectivity index (χ4v) is 7.18. The maximum atomic E-state index is 13.1. The standard InChI is InChI=1S/C25H21N3O3S2/c1-13-4-2-3-5-17(13)26-20(29)12-32-25-27-18-9-8-16(11-19(18)33-25)28-23(30)21-14-6-7-15(10-14)22(21)24(28)31/h2-9,11,14-15,21-22H,10,12H2,1H3,(H,26,29)/t14-,15-,21+,22+/m0/s1. The molecule has 6 rings (SSSR count). The molecular weight excluding hydrogens is 454 g/mol. The van der Waals surface area contributed by atoms with E-state index < -0.39 is 0 Å². The molecule has 0 unspecified atom stereocenters. The normalized spacial score (nSPS) is 25.3. The van der Waals surface area contributed by atoms with E-state index in [1.54, 1.807) is 6.07 Å². The summed E-state index contributed by atoms with van der Waals surface area (Å²) >= 11 is 2.85. The molecule has 2 heterocycles. The van der Waals surface area contributed by atoms with Crippen LogP contribution in [0.5, 0.6) is 0 Å². The molecule has 4 atom stereocenters. The first-order valence-electron chi connectivity index (χ1n) is 10.9. The van der Waals surface area contributed by atoms with Gasteiger partial charge in [0.2, 0.25) is 17.7 Å². The topological polar surface area (TPSA) is 79.4 Å². The Balaban J connectivity index is 1.17. The first kappa shape index (κ1) is 20.6. The lowest BCUT2D eigenvalue weighted by Gasteiger charge is -2.17. The lowest BCUT2D eigenvalue weighted by atomic mass is 9.85. The minimum atomic E-state index is -0.206. The summed E-state index contributed by atoms with van der Waals surface area (Å²) in [6, 6.07) is 13.2. The van der Waals surface area contributed by atoms with Crippen LogP contribution >= 0.6 is 23.1 Å². The summed E-state index contributed by atoms with van der Waals surface area (Å²) < 4.78 is 1.67. The van der Waals surface area contributed by atoms with E-state index in [-0.39, 0.29) is 47.1 Å². The Morgan fingerprint density at radius 3 is 2.58 bits per heavy atom. The van der Waals surface area contributed by atoms with Gasteiger partial charge in [-0.1, -0.05) is 42.1 Å². The predicted octanol–water partition coefficient (Wildman–Crippen LogP) is 4.65. The highest BCUT2D eigenvalue weighted by Gasteiger charge is 2.59. The van der Waals surface area contributed by atoms with E-state index >= 15 is 0 Å². The third-order valence-electron chi connectivity index (χ3n) is 6.83. The molecule has 1 N–H and O–H groups in total. The zero-order valence-corrected chi connectivity index (χ0v) is 19.5. The lowest BCUT2D eigenvalue weighted by molar-refractivity contribution is -0.123. The van der Waals surface area contributed by atoms with Crippen molar-refractivity contribution in [2.45, 2.75) is 17.7 Å². The number of para-hydroxylation sites is 1. The Hall–Kier alpha value is -2.97. The van der Waals surface area contributed by atoms with Gasteiger partial charge in [-0.2, -0.15) is 0 Å². The predicted molar refractivity (Wildman–Crippen MR) is 130 cm³/mol. The molecule has 2 bridgehead atoms. The van der Waals surface area contributed by atoms with Crippen LogP contribution in [0.2, 0.25) is 0 Å². The number of thiazole rings is 1. The molecule has 1 aromatic heterocycles. The number of carbonyl (C=O) groups excluding carboxylic acids is 3. The van der Waals surface area contributed by atoms with Gasteiger partial charge in [0.05, 0.1) is 33.5 Å². The maximum Gasteiger partial charge on any atom is 0.238 e. The van der Waals surface area contributed by atoms with Crippen LogP contribution in [0.15, 0.2) is 59.0 Å². The van der Waals surface area contributed by atoms with Gasteiger partial charge in [0.1, 0.15) is 0 Å². The van der Waals surface area contributed by atoms with Crippen molar-refractivity contribution in [3.05, 3.63) is 60.2 Å². The zero-order chi connectivity index (χ0) is 22.7. The molecule has 1 saturated heterocycles. The average molecular weight is 476 g/mol. The second kappa shape index (κ2) is 7.81. The number of hydrogen-bond donors (Lipinski definition) is 1. The Kier molecular flexibility index (Phi) is 4.88. The number of rotatable bonds is 5. The molecule has 1 saturated carbocycles. The van der Waals surface area contributed by atoms with Crippen molar-refractivity contribution in [3.8, 4) is 0 Å². The van der Waals surface area contributed by atoms with Crippen LogP contribution in [-0.4, -0.2) is 28.5 Å². The molecule has 166 valence electrons. The molecular formula is C25H21N3O3S2. The summed E-state index contributed by atoms with van der Waals surface area (Å²) in [5.74, 6) is -0.00274. The first-order chi connectivity index (χ1) is 16.0. The summed E-state index contributed by atoms with van der Waals surface area (Å²) in [7, 11) is 0. The molecule has 3 amide bonds. The van der Waals surface area contributed by atoms with Crippen molar-refractivity contribution < 1.29 is 14.4 Å². The van der Waals surface area contributed by atoms with Crippen molar-refractivity contribution >= 4 is 62.4 Å². The van der Waals surface area contributed by atoms with Crippen molar-refractivity contribution in [3.63, 3.8) is 0 Å². The van der Waals surface area contributed by atoms with Crippen molar-refractivity contribution in [2.75, 3.05) is 16.0 Å². The molecule has 1 aliphatic heterocycles. The minimum Gasteiger partial charge on any atom is -0.325 e. The molecule has 0 radical (unpaired) electrons. The highest BCUT2D eigenvalue weighted by Crippen LogP contribution is 2.53. The number of nitrogens with zero attached hydrogens (tertiary/aromatic N) is 2. The van der Waals surface area contributed by atoms with Gasteiger partial charge in [-0.15, -0.1) is 11.3 Å². The summed E-state index contributed by atoms with van der Waals surface area (Å²) in [5, 5.41) is 2.93. The molecule has 6 nitrogen and oxygen atoms in total. The number of aryl methyl sites for hydroxylation is 1. The number of aromatic nitrogens is 1. The Bertz CT molecular complexity index is 1320. The monoisotopic (exact) mass is 475 g/mol. The highest BCUT2D eigenvalue weighted by molar-refractivity contribution is 8.01. The molecule has 2 aromatic carbocycles. The number of fused-ring (bicyclic) bond motifs is 6. The summed E-state index contributed by atoms with van der Waals surface area (Å²) in [6.45, 7) is 1.96. The molecule has 33 heavy (non-hydrogen) atoms. The van der Waals surface area contributed by atoms with E-state index in [0.717, 1.165) is 32.2 Å². The fraction of sp³-hybridized carbons (Fsp3) is 0.280. The molecule has 8 heteroatoms. The van der Waals surface area contributed by atoms with Gasteiger partial charge < -0.3 is 5.32 Å². The van der Waals surface area contributed by atoms with Gasteiger partial charge >= 0.3 is 0 Å². The highest BCUT2D eigenvalue weighted by atomic mass is 32.2. The second-order valence-electron chi connectivity index (χ2n) is 8.80. The molecule has 0 spiro atoms. The molecule has 2 aliphatic carbocycles. The number of anilines is 2. The summed E-state index contributed by atoms with van der Waals surface area (Å²) in [6.07, 6.45) is 5.13. The first-order valence-corrected chi connectivity index (χ1v) is 12.7. The third kappa shape index (κ3) is 3.40. The van der Waals surface area contributed by atoms with Crippen LogP contribution in [-0.2, 0) is 14.4 Å². The Morgan fingerprint density at radius 1 is 1.12 bits per heavy atom. The Labute approximate surface area is 199 Å². The molecule has 2 fully saturated rings. The second-order valence-corrected chi connectivity index (χ2v) is 11.0. The van der Waals surface area contributed by atoms with Crippen LogP contribution in [0.25, 0.3) is 10.2 Å². The lowest BCUT2D eigenvalue weighted by Crippen LogP contribution is -2.32. The number of benzene rings is 2. The van der Waals surface area contributed by atoms with Gasteiger partial charge in [0.25, 0.3) is 0 Å². The van der Waals surface area contributed by atoms with Gasteiger partial charge in [-0.25, -0.2) is 9.88 Å². The van der Waals surface area contributed by atoms with E-state index in [1.807, 2.05) is 43.3 Å². The van der Waals surface area contributed by atoms with Crippen LogP contribution < -0.4 is 10.2 Å². The van der Waals surface area contributed by atoms with Gasteiger partial charge in [-0.3, -0.25) is 14.4 Å². The van der Waals surface area contributed by atoms with Gasteiger partial charge in [0.15, 0.2) is 4.34 Å². The van der Waals surface area contributed by atoms with E-state index in [9.17, 15) is 14.4 Å². The minimum absolute atomic E-state index is 0.0757. The van der Waals surface area contributed by atoms with Crippen LogP contribution in [0.4, 0.5) is 11.4 Å². The number of carbonyl (C=O) groups is 3. The van der Waals surface area contributed by atoms with Gasteiger partial charge in [0, 0.05) is 5.69 Å². The van der Waals surface area contributed by atoms with Crippen LogP contribution in [0, 0.1) is 30.6 Å². The Morgan fingerprint density at radius 2 is 1.85 bits per heavy atom. The quantitative estimate of drug-likeness (QED) is 0.330. The van der Waals surface area contributed by atoms with Crippen LogP contribution in [0.1, 0.15) is 12.0 Å². The molecule has 3 aromatic rings. The van der Waals surface area contributed by atoms with Crippen molar-refractivity contribution in [1.29, 1.82) is 0 Å². The largest absolute Gasteiger partial charge is 0.325 e. The van der Waals surface area contributed by atoms with E-state index in [2.05, 4.69) is 22.5 Å². The molecule has 3 aliphatic rings. The number of allylic oxidation sites excluding steroid dienone is 2. The number of imide groups is 1. The summed E-state index contributed by atoms with van der Waals surface area (Å²) in [5.41, 5.74) is 3.24. The number of nitrogens with one attached hydrogen (secondary N) is 1. The SMILES string of the molecule is Cc1ccccc1NC(=O)CSc1nc2ccc(N3C(=O)[C@H]4[C@H](C3=O)[C@H]3C=C[C@H]4C3)cc2s1. The maximum absolute atomic E-state index is 13.1. The summed E-state index contributed by atoms with van der Waals surface area (Å²) in [4.78, 5) is 44.5. The van der Waals surface area contributed by atoms with Crippen molar-refractivity contribution in [1.82, 2.24) is 4.98 Å². The zero-order valence-electron chi connectivity index (χ0n) is 17.9. The fourth-order valence-electron chi connectivity index (χ4n) is 5.28. The smallest absolute Gasteiger partial charge is 0.238 e. The number of hydrogen-bond acceptors (Lipinski definition) is 6. The van der Waals surface area contributed by atoms with Crippen molar-refractivity contribution in [2.24, 2.45) is 23.7 Å². The van der Waals surface area contributed by atoms with Crippen LogP contribution in [0.3, 0.4) is 0 Å². The average Bonchev–Trinajstić information content (AvgIpc) is 3.56. The van der Waals surface area contributed by atoms with E-state index in [1.165, 1.54) is 28.0 Å². The number of thioether (sulfide) groups is 1. The van der Waals surface area contributed by atoms with E-state index in [4.69, 9.17) is 0 Å². The number of amides is 3. The van der Waals surface area contributed by atoms with E-state index in [0.29, 0.717) is 5.69 Å².